The highest BCUT2D eigenvalue weighted by atomic mass is 35.5. The molecule has 1 heterocycles. The maximum absolute atomic E-state index is 6.34. The van der Waals surface area contributed by atoms with E-state index in [1.807, 2.05) is 48.1 Å². The Morgan fingerprint density at radius 1 is 1.14 bits per heavy atom. The Labute approximate surface area is 138 Å². The Balaban J connectivity index is 2.25. The van der Waals surface area contributed by atoms with Crippen LogP contribution < -0.4 is 0 Å². The van der Waals surface area contributed by atoms with Gasteiger partial charge in [0, 0.05) is 33.6 Å². The summed E-state index contributed by atoms with van der Waals surface area (Å²) in [5, 5.41) is 6.89. The summed E-state index contributed by atoms with van der Waals surface area (Å²) in [6.45, 7) is 0. The van der Waals surface area contributed by atoms with Gasteiger partial charge in [-0.3, -0.25) is 4.68 Å². The molecule has 1 aromatic heterocycles. The van der Waals surface area contributed by atoms with Crippen LogP contribution in [0.3, 0.4) is 0 Å². The van der Waals surface area contributed by atoms with E-state index in [2.05, 4.69) is 5.10 Å². The fraction of sp³-hybridized carbons (Fsp3) is 0.118. The topological polar surface area (TPSA) is 27.1 Å². The van der Waals surface area contributed by atoms with Crippen molar-refractivity contribution in [3.8, 4) is 11.1 Å². The molecule has 3 nitrogen and oxygen atoms in total. The van der Waals surface area contributed by atoms with Gasteiger partial charge in [-0.25, -0.2) is 0 Å². The maximum atomic E-state index is 6.34. The molecule has 0 atom stereocenters. The van der Waals surface area contributed by atoms with Gasteiger partial charge in [-0.1, -0.05) is 47.5 Å². The van der Waals surface area contributed by atoms with E-state index in [-0.39, 0.29) is 0 Å². The van der Waals surface area contributed by atoms with Crippen LogP contribution in [0, 0.1) is 0 Å². The Hall–Kier alpha value is -1.97. The highest BCUT2D eigenvalue weighted by molar-refractivity contribution is 6.36. The summed E-state index contributed by atoms with van der Waals surface area (Å²) in [6.07, 6.45) is 3.53. The van der Waals surface area contributed by atoms with Crippen LogP contribution in [0.5, 0.6) is 0 Å². The van der Waals surface area contributed by atoms with Crippen LogP contribution in [0.1, 0.15) is 5.69 Å². The van der Waals surface area contributed by atoms with Gasteiger partial charge in [0.25, 0.3) is 0 Å². The number of hydrogen-bond acceptors (Lipinski definition) is 2. The Morgan fingerprint density at radius 3 is 2.68 bits per heavy atom. The molecule has 2 aromatic carbocycles. The molecule has 0 bridgehead atoms. The smallest absolute Gasteiger partial charge is 0.101 e. The molecule has 0 aliphatic rings. The number of aryl methyl sites for hydroxylation is 1. The minimum Gasteiger partial charge on any atom is -0.504 e. The minimum atomic E-state index is 0.611. The third kappa shape index (κ3) is 2.58. The standard InChI is InChI=1S/C17H14Cl2N2O/c1-21-16(8-9-22-2)14-5-3-4-13(17(14)20-21)12-7-6-11(18)10-15(12)19/h3-10H,1-2H3. The lowest BCUT2D eigenvalue weighted by Gasteiger charge is -2.05. The van der Waals surface area contributed by atoms with Crippen molar-refractivity contribution in [2.45, 2.75) is 0 Å². The number of rotatable bonds is 3. The first-order chi connectivity index (χ1) is 10.6. The molecule has 0 spiro atoms. The monoisotopic (exact) mass is 332 g/mol. The summed E-state index contributed by atoms with van der Waals surface area (Å²) in [4.78, 5) is 0. The van der Waals surface area contributed by atoms with Gasteiger partial charge in [0.05, 0.1) is 19.1 Å². The van der Waals surface area contributed by atoms with Gasteiger partial charge in [0.1, 0.15) is 5.52 Å². The van der Waals surface area contributed by atoms with Gasteiger partial charge in [-0.05, 0) is 18.2 Å². The fourth-order valence-corrected chi connectivity index (χ4v) is 3.00. The van der Waals surface area contributed by atoms with E-state index in [1.165, 1.54) is 0 Å². The van der Waals surface area contributed by atoms with Crippen LogP contribution in [0.4, 0.5) is 0 Å². The van der Waals surface area contributed by atoms with Crippen molar-refractivity contribution in [1.29, 1.82) is 0 Å². The number of hydrogen-bond donors (Lipinski definition) is 0. The van der Waals surface area contributed by atoms with Crippen molar-refractivity contribution in [1.82, 2.24) is 9.78 Å². The quantitative estimate of drug-likeness (QED) is 0.619. The molecule has 112 valence electrons. The SMILES string of the molecule is COC=Cc1c2cccc(-c3ccc(Cl)cc3Cl)c2nn1C. The summed E-state index contributed by atoms with van der Waals surface area (Å²) in [7, 11) is 3.52. The molecule has 0 amide bonds. The first-order valence-corrected chi connectivity index (χ1v) is 7.48. The zero-order chi connectivity index (χ0) is 15.7. The van der Waals surface area contributed by atoms with E-state index in [0.717, 1.165) is 27.7 Å². The van der Waals surface area contributed by atoms with E-state index in [1.54, 1.807) is 19.4 Å². The van der Waals surface area contributed by atoms with Crippen LogP contribution in [0.25, 0.3) is 28.1 Å². The largest absolute Gasteiger partial charge is 0.504 e. The molecule has 0 aliphatic carbocycles. The first kappa shape index (κ1) is 14.9. The second-order valence-corrected chi connectivity index (χ2v) is 5.72. The second kappa shape index (κ2) is 6.03. The van der Waals surface area contributed by atoms with Crippen molar-refractivity contribution in [2.75, 3.05) is 7.11 Å². The van der Waals surface area contributed by atoms with Crippen molar-refractivity contribution >= 4 is 40.2 Å². The third-order valence-electron chi connectivity index (χ3n) is 3.49. The number of aromatic nitrogens is 2. The molecule has 0 saturated carbocycles. The number of halogens is 2. The van der Waals surface area contributed by atoms with Crippen molar-refractivity contribution < 1.29 is 4.74 Å². The Morgan fingerprint density at radius 2 is 1.95 bits per heavy atom. The van der Waals surface area contributed by atoms with Gasteiger partial charge >= 0.3 is 0 Å². The summed E-state index contributed by atoms with van der Waals surface area (Å²) in [5.74, 6) is 0. The molecule has 5 heteroatoms. The molecular formula is C17H14Cl2N2O. The number of nitrogens with zero attached hydrogens (tertiary/aromatic N) is 2. The lowest BCUT2D eigenvalue weighted by atomic mass is 10.0. The van der Waals surface area contributed by atoms with Crippen LogP contribution >= 0.6 is 23.2 Å². The fourth-order valence-electron chi connectivity index (χ4n) is 2.49. The number of fused-ring (bicyclic) bond motifs is 1. The number of ether oxygens (including phenoxy) is 1. The summed E-state index contributed by atoms with van der Waals surface area (Å²) in [6, 6.07) is 11.5. The minimum absolute atomic E-state index is 0.611. The Bertz CT molecular complexity index is 868. The summed E-state index contributed by atoms with van der Waals surface area (Å²) < 4.78 is 6.84. The second-order valence-electron chi connectivity index (χ2n) is 4.87. The Kier molecular flexibility index (Phi) is 4.10. The van der Waals surface area contributed by atoms with E-state index in [9.17, 15) is 0 Å². The predicted molar refractivity (Wildman–Crippen MR) is 92.2 cm³/mol. The van der Waals surface area contributed by atoms with E-state index >= 15 is 0 Å². The summed E-state index contributed by atoms with van der Waals surface area (Å²) >= 11 is 12.3. The molecule has 22 heavy (non-hydrogen) atoms. The van der Waals surface area contributed by atoms with Crippen molar-refractivity contribution in [3.05, 3.63) is 58.4 Å². The van der Waals surface area contributed by atoms with Gasteiger partial charge in [-0.2, -0.15) is 5.10 Å². The van der Waals surface area contributed by atoms with Crippen LogP contribution in [0.2, 0.25) is 10.0 Å². The van der Waals surface area contributed by atoms with Gasteiger partial charge in [-0.15, -0.1) is 0 Å². The average Bonchev–Trinajstić information content (AvgIpc) is 2.81. The van der Waals surface area contributed by atoms with E-state index in [0.29, 0.717) is 10.0 Å². The molecule has 0 fully saturated rings. The third-order valence-corrected chi connectivity index (χ3v) is 4.04. The molecule has 3 rings (SSSR count). The van der Waals surface area contributed by atoms with Gasteiger partial charge in [0.2, 0.25) is 0 Å². The van der Waals surface area contributed by atoms with Crippen molar-refractivity contribution in [3.63, 3.8) is 0 Å². The van der Waals surface area contributed by atoms with Gasteiger partial charge in [0.15, 0.2) is 0 Å². The molecule has 0 N–H and O–H groups in total. The van der Waals surface area contributed by atoms with Gasteiger partial charge < -0.3 is 4.74 Å². The highest BCUT2D eigenvalue weighted by Gasteiger charge is 2.13. The lowest BCUT2D eigenvalue weighted by molar-refractivity contribution is 0.341. The molecule has 0 unspecified atom stereocenters. The normalized spacial score (nSPS) is 11.5. The highest BCUT2D eigenvalue weighted by Crippen LogP contribution is 2.35. The first-order valence-electron chi connectivity index (χ1n) is 6.72. The zero-order valence-corrected chi connectivity index (χ0v) is 13.7. The number of benzene rings is 2. The van der Waals surface area contributed by atoms with E-state index < -0.39 is 0 Å². The molecule has 0 radical (unpaired) electrons. The molecule has 0 aliphatic heterocycles. The average molecular weight is 333 g/mol. The van der Waals surface area contributed by atoms with Crippen molar-refractivity contribution in [2.24, 2.45) is 7.05 Å². The summed E-state index contributed by atoms with van der Waals surface area (Å²) in [5.41, 5.74) is 3.76. The van der Waals surface area contributed by atoms with Crippen LogP contribution in [-0.4, -0.2) is 16.9 Å². The molecular weight excluding hydrogens is 319 g/mol. The predicted octanol–water partition coefficient (Wildman–Crippen LogP) is 5.16. The van der Waals surface area contributed by atoms with E-state index in [4.69, 9.17) is 27.9 Å². The molecule has 0 saturated heterocycles. The number of methoxy groups -OCH3 is 1. The molecule has 3 aromatic rings. The maximum Gasteiger partial charge on any atom is 0.101 e. The van der Waals surface area contributed by atoms with Crippen LogP contribution in [0.15, 0.2) is 42.7 Å². The lowest BCUT2D eigenvalue weighted by Crippen LogP contribution is -1.92. The van der Waals surface area contributed by atoms with Crippen LogP contribution in [-0.2, 0) is 11.8 Å². The zero-order valence-electron chi connectivity index (χ0n) is 12.2.